The van der Waals surface area contributed by atoms with E-state index in [9.17, 15) is 0 Å². The average Bonchev–Trinajstić information content (AvgIpc) is 2.85. The molecule has 0 spiro atoms. The normalized spacial score (nSPS) is 19.2. The molecule has 0 N–H and O–H groups in total. The van der Waals surface area contributed by atoms with Crippen molar-refractivity contribution in [1.82, 2.24) is 0 Å². The van der Waals surface area contributed by atoms with Crippen molar-refractivity contribution in [3.05, 3.63) is 48.6 Å². The molecule has 17 heavy (non-hydrogen) atoms. The molecule has 2 aliphatic rings. The summed E-state index contributed by atoms with van der Waals surface area (Å²) < 4.78 is 0. The number of hydrogen-bond acceptors (Lipinski definition) is 0. The van der Waals surface area contributed by atoms with Crippen LogP contribution in [0.5, 0.6) is 0 Å². The van der Waals surface area contributed by atoms with Crippen LogP contribution in [-0.2, 0) is 21.7 Å². The van der Waals surface area contributed by atoms with Crippen LogP contribution >= 0.6 is 0 Å². The SMILES string of the molecule is CC(C)(CCC1C=CC=C1)CC1C=CC=C1.[Ti]. The third-order valence-electron chi connectivity index (χ3n) is 3.60. The predicted octanol–water partition coefficient (Wildman–Crippen LogP) is 4.66. The Balaban J connectivity index is 0.00000144. The first-order chi connectivity index (χ1) is 7.66. The minimum absolute atomic E-state index is 0. The average molecular weight is 262 g/mol. The third kappa shape index (κ3) is 4.81. The van der Waals surface area contributed by atoms with Gasteiger partial charge >= 0.3 is 0 Å². The molecule has 90 valence electrons. The van der Waals surface area contributed by atoms with E-state index in [0.717, 1.165) is 0 Å². The molecule has 0 saturated carbocycles. The van der Waals surface area contributed by atoms with E-state index < -0.39 is 0 Å². The van der Waals surface area contributed by atoms with Crippen LogP contribution in [0.25, 0.3) is 0 Å². The van der Waals surface area contributed by atoms with Gasteiger partial charge in [0.05, 0.1) is 0 Å². The molecule has 0 aliphatic heterocycles. The fourth-order valence-corrected chi connectivity index (χ4v) is 2.58. The van der Waals surface area contributed by atoms with Gasteiger partial charge in [0.25, 0.3) is 0 Å². The Hall–Kier alpha value is -0.326. The fourth-order valence-electron chi connectivity index (χ4n) is 2.58. The summed E-state index contributed by atoms with van der Waals surface area (Å²) in [5, 5.41) is 0. The molecule has 0 aromatic heterocycles. The van der Waals surface area contributed by atoms with Crippen LogP contribution in [0.1, 0.15) is 33.1 Å². The zero-order chi connectivity index (χ0) is 11.4. The maximum absolute atomic E-state index is 2.40. The first-order valence-electron chi connectivity index (χ1n) is 6.36. The van der Waals surface area contributed by atoms with Crippen LogP contribution in [0.15, 0.2) is 48.6 Å². The Bertz CT molecular complexity index is 321. The summed E-state index contributed by atoms with van der Waals surface area (Å²) in [4.78, 5) is 0. The van der Waals surface area contributed by atoms with Gasteiger partial charge in [0.15, 0.2) is 0 Å². The zero-order valence-electron chi connectivity index (χ0n) is 10.9. The van der Waals surface area contributed by atoms with E-state index in [2.05, 4.69) is 62.5 Å². The van der Waals surface area contributed by atoms with Gasteiger partial charge in [0.2, 0.25) is 0 Å². The Kier molecular flexibility index (Phi) is 5.69. The summed E-state index contributed by atoms with van der Waals surface area (Å²) in [6, 6.07) is 0. The summed E-state index contributed by atoms with van der Waals surface area (Å²) in [6.07, 6.45) is 21.8. The van der Waals surface area contributed by atoms with Crippen LogP contribution in [0.2, 0.25) is 0 Å². The summed E-state index contributed by atoms with van der Waals surface area (Å²) in [7, 11) is 0. The van der Waals surface area contributed by atoms with Crippen LogP contribution < -0.4 is 0 Å². The Labute approximate surface area is 120 Å². The molecule has 0 bridgehead atoms. The van der Waals surface area contributed by atoms with E-state index in [1.807, 2.05) is 0 Å². The molecule has 0 nitrogen and oxygen atoms in total. The molecular formula is C16H22Ti. The van der Waals surface area contributed by atoms with Crippen molar-refractivity contribution in [2.75, 3.05) is 0 Å². The molecule has 2 rings (SSSR count). The van der Waals surface area contributed by atoms with Crippen molar-refractivity contribution in [2.45, 2.75) is 33.1 Å². The van der Waals surface area contributed by atoms with Crippen molar-refractivity contribution < 1.29 is 21.7 Å². The molecular weight excluding hydrogens is 240 g/mol. The van der Waals surface area contributed by atoms with E-state index in [1.54, 1.807) is 0 Å². The first-order valence-corrected chi connectivity index (χ1v) is 6.36. The third-order valence-corrected chi connectivity index (χ3v) is 3.60. The number of allylic oxidation sites excluding steroid dienone is 8. The summed E-state index contributed by atoms with van der Waals surface area (Å²) in [5.41, 5.74) is 0.452. The number of rotatable bonds is 5. The minimum atomic E-state index is 0. The molecule has 2 aliphatic carbocycles. The van der Waals surface area contributed by atoms with Gasteiger partial charge in [-0.1, -0.05) is 62.5 Å². The second-order valence-corrected chi connectivity index (χ2v) is 5.77. The molecule has 0 radical (unpaired) electrons. The van der Waals surface area contributed by atoms with E-state index in [0.29, 0.717) is 17.3 Å². The Morgan fingerprint density at radius 3 is 1.82 bits per heavy atom. The quantitative estimate of drug-likeness (QED) is 0.632. The van der Waals surface area contributed by atoms with E-state index >= 15 is 0 Å². The van der Waals surface area contributed by atoms with Gasteiger partial charge in [-0.15, -0.1) is 0 Å². The van der Waals surface area contributed by atoms with Gasteiger partial charge in [0, 0.05) is 21.7 Å². The van der Waals surface area contributed by atoms with Gasteiger partial charge in [0.1, 0.15) is 0 Å². The molecule has 0 amide bonds. The van der Waals surface area contributed by atoms with Crippen LogP contribution in [0.3, 0.4) is 0 Å². The maximum Gasteiger partial charge on any atom is 0 e. The van der Waals surface area contributed by atoms with Gasteiger partial charge in [-0.3, -0.25) is 0 Å². The van der Waals surface area contributed by atoms with E-state index in [4.69, 9.17) is 0 Å². The fraction of sp³-hybridized carbons (Fsp3) is 0.500. The van der Waals surface area contributed by atoms with Gasteiger partial charge in [-0.05, 0) is 36.5 Å². The molecule has 0 heterocycles. The zero-order valence-corrected chi connectivity index (χ0v) is 12.5. The summed E-state index contributed by atoms with van der Waals surface area (Å²) >= 11 is 0. The second kappa shape index (κ2) is 6.56. The van der Waals surface area contributed by atoms with Gasteiger partial charge < -0.3 is 0 Å². The summed E-state index contributed by atoms with van der Waals surface area (Å²) in [6.45, 7) is 4.80. The van der Waals surface area contributed by atoms with Crippen molar-refractivity contribution in [3.8, 4) is 0 Å². The maximum atomic E-state index is 2.40. The monoisotopic (exact) mass is 262 g/mol. The number of hydrogen-bond donors (Lipinski definition) is 0. The van der Waals surface area contributed by atoms with Crippen molar-refractivity contribution in [2.24, 2.45) is 17.3 Å². The van der Waals surface area contributed by atoms with Crippen molar-refractivity contribution in [1.29, 1.82) is 0 Å². The smallest absolute Gasteiger partial charge is 0 e. The predicted molar refractivity (Wildman–Crippen MR) is 71.2 cm³/mol. The molecule has 0 aromatic rings. The minimum Gasteiger partial charge on any atom is -0.0776 e. The van der Waals surface area contributed by atoms with Crippen LogP contribution in [0.4, 0.5) is 0 Å². The van der Waals surface area contributed by atoms with Crippen molar-refractivity contribution in [3.63, 3.8) is 0 Å². The molecule has 1 heteroatoms. The molecule has 0 atom stereocenters. The standard InChI is InChI=1S/C16H22.Ti/c1-16(2,13-15-9-5-6-10-15)12-11-14-7-3-4-8-14;/h3-10,14-15H,11-13H2,1-2H3;. The van der Waals surface area contributed by atoms with Crippen molar-refractivity contribution >= 4 is 0 Å². The molecule has 0 unspecified atom stereocenters. The molecule has 0 fully saturated rings. The largest absolute Gasteiger partial charge is 0.0776 e. The second-order valence-electron chi connectivity index (χ2n) is 5.77. The van der Waals surface area contributed by atoms with Gasteiger partial charge in [-0.25, -0.2) is 0 Å². The van der Waals surface area contributed by atoms with Crippen LogP contribution in [-0.4, -0.2) is 0 Å². The van der Waals surface area contributed by atoms with Gasteiger partial charge in [-0.2, -0.15) is 0 Å². The summed E-state index contributed by atoms with van der Waals surface area (Å²) in [5.74, 6) is 1.36. The topological polar surface area (TPSA) is 0 Å². The van der Waals surface area contributed by atoms with Crippen LogP contribution in [0, 0.1) is 17.3 Å². The van der Waals surface area contributed by atoms with E-state index in [1.165, 1.54) is 19.3 Å². The molecule has 0 saturated heterocycles. The molecule has 0 aromatic carbocycles. The van der Waals surface area contributed by atoms with E-state index in [-0.39, 0.29) is 21.7 Å². The Morgan fingerprint density at radius 2 is 1.29 bits per heavy atom. The first kappa shape index (κ1) is 14.7. The Morgan fingerprint density at radius 1 is 0.824 bits per heavy atom.